The summed E-state index contributed by atoms with van der Waals surface area (Å²) >= 11 is 0. The Bertz CT molecular complexity index is 226. The summed E-state index contributed by atoms with van der Waals surface area (Å²) in [5.41, 5.74) is 0.151. The van der Waals surface area contributed by atoms with Gasteiger partial charge in [-0.3, -0.25) is 0 Å². The van der Waals surface area contributed by atoms with Crippen LogP contribution < -0.4 is 5.32 Å². The summed E-state index contributed by atoms with van der Waals surface area (Å²) in [4.78, 5) is 0. The van der Waals surface area contributed by atoms with Crippen molar-refractivity contribution >= 4 is 0 Å². The first-order valence-corrected chi connectivity index (χ1v) is 8.18. The van der Waals surface area contributed by atoms with Crippen LogP contribution in [0.3, 0.4) is 0 Å². The van der Waals surface area contributed by atoms with Crippen molar-refractivity contribution in [1.29, 1.82) is 0 Å². The summed E-state index contributed by atoms with van der Waals surface area (Å²) in [6.07, 6.45) is 12.3. The Morgan fingerprint density at radius 1 is 1.11 bits per heavy atom. The largest absolute Gasteiger partial charge is 0.374 e. The molecule has 1 N–H and O–H groups in total. The van der Waals surface area contributed by atoms with Crippen LogP contribution in [-0.4, -0.2) is 24.8 Å². The molecule has 0 spiro atoms. The molecule has 0 aromatic heterocycles. The van der Waals surface area contributed by atoms with Gasteiger partial charge in [0, 0.05) is 12.6 Å². The minimum absolute atomic E-state index is 0.151. The van der Waals surface area contributed by atoms with Crippen molar-refractivity contribution in [2.45, 2.75) is 83.3 Å². The number of ether oxygens (including phenoxy) is 1. The highest BCUT2D eigenvalue weighted by atomic mass is 16.5. The van der Waals surface area contributed by atoms with Gasteiger partial charge in [-0.15, -0.1) is 0 Å². The molecule has 2 rings (SSSR count). The van der Waals surface area contributed by atoms with Gasteiger partial charge in [0.1, 0.15) is 0 Å². The fourth-order valence-electron chi connectivity index (χ4n) is 3.82. The monoisotopic (exact) mass is 253 g/mol. The zero-order valence-electron chi connectivity index (χ0n) is 12.3. The first-order valence-electron chi connectivity index (χ1n) is 8.18. The van der Waals surface area contributed by atoms with Crippen LogP contribution in [0.15, 0.2) is 0 Å². The number of hydrogen-bond acceptors (Lipinski definition) is 2. The van der Waals surface area contributed by atoms with Crippen LogP contribution in [0.1, 0.15) is 71.6 Å². The summed E-state index contributed by atoms with van der Waals surface area (Å²) in [6, 6.07) is 0.591. The van der Waals surface area contributed by atoms with E-state index in [0.717, 1.165) is 19.1 Å². The lowest BCUT2D eigenvalue weighted by atomic mass is 9.72. The molecule has 0 saturated heterocycles. The minimum Gasteiger partial charge on any atom is -0.374 e. The number of likely N-dealkylation sites (N-methyl/N-ethyl adjacent to an activating group) is 1. The molecule has 2 heteroatoms. The molecule has 0 amide bonds. The van der Waals surface area contributed by atoms with Crippen LogP contribution in [-0.2, 0) is 4.74 Å². The maximum atomic E-state index is 6.29. The quantitative estimate of drug-likeness (QED) is 0.743. The molecule has 0 aromatic rings. The summed E-state index contributed by atoms with van der Waals surface area (Å²) in [5.74, 6) is 0.966. The second kappa shape index (κ2) is 6.91. The lowest BCUT2D eigenvalue weighted by Gasteiger charge is -2.46. The normalized spacial score (nSPS) is 25.7. The van der Waals surface area contributed by atoms with Gasteiger partial charge in [0.15, 0.2) is 0 Å². The lowest BCUT2D eigenvalue weighted by Crippen LogP contribution is -2.54. The molecule has 2 aliphatic rings. The van der Waals surface area contributed by atoms with Gasteiger partial charge in [-0.25, -0.2) is 0 Å². The van der Waals surface area contributed by atoms with Crippen LogP contribution in [0.2, 0.25) is 0 Å². The van der Waals surface area contributed by atoms with Gasteiger partial charge in [0.05, 0.1) is 5.60 Å². The van der Waals surface area contributed by atoms with Gasteiger partial charge in [-0.05, 0) is 38.6 Å². The molecule has 106 valence electrons. The number of nitrogens with one attached hydrogen (secondary N) is 1. The molecule has 0 bridgehead atoms. The van der Waals surface area contributed by atoms with Gasteiger partial charge in [-0.1, -0.05) is 45.4 Å². The second-order valence-corrected chi connectivity index (χ2v) is 6.20. The van der Waals surface area contributed by atoms with Crippen molar-refractivity contribution in [3.8, 4) is 0 Å². The summed E-state index contributed by atoms with van der Waals surface area (Å²) < 4.78 is 6.29. The SMILES string of the molecule is CCNC(CC1CCC1)C1(OCC)CCCCC1. The standard InChI is InChI=1S/C16H31NO/c1-3-17-15(13-14-9-8-10-14)16(18-4-2)11-6-5-7-12-16/h14-15,17H,3-13H2,1-2H3. The molecule has 2 saturated carbocycles. The van der Waals surface area contributed by atoms with Crippen LogP contribution >= 0.6 is 0 Å². The van der Waals surface area contributed by atoms with Crippen molar-refractivity contribution in [1.82, 2.24) is 5.32 Å². The molecule has 0 aromatic carbocycles. The molecule has 18 heavy (non-hydrogen) atoms. The van der Waals surface area contributed by atoms with E-state index in [4.69, 9.17) is 4.74 Å². The molecular formula is C16H31NO. The topological polar surface area (TPSA) is 21.3 Å². The van der Waals surface area contributed by atoms with Crippen molar-refractivity contribution < 1.29 is 4.74 Å². The summed E-state index contributed by atoms with van der Waals surface area (Å²) in [7, 11) is 0. The van der Waals surface area contributed by atoms with E-state index in [2.05, 4.69) is 19.2 Å². The van der Waals surface area contributed by atoms with Crippen LogP contribution in [0, 0.1) is 5.92 Å². The minimum atomic E-state index is 0.151. The van der Waals surface area contributed by atoms with E-state index in [1.54, 1.807) is 0 Å². The molecule has 2 aliphatic carbocycles. The molecule has 0 heterocycles. The van der Waals surface area contributed by atoms with Crippen molar-refractivity contribution in [3.63, 3.8) is 0 Å². The maximum absolute atomic E-state index is 6.29. The predicted octanol–water partition coefficient (Wildman–Crippen LogP) is 3.89. The van der Waals surface area contributed by atoms with E-state index < -0.39 is 0 Å². The van der Waals surface area contributed by atoms with Gasteiger partial charge < -0.3 is 10.1 Å². The highest BCUT2D eigenvalue weighted by Crippen LogP contribution is 2.40. The van der Waals surface area contributed by atoms with E-state index in [0.29, 0.717) is 6.04 Å². The molecule has 2 fully saturated rings. The van der Waals surface area contributed by atoms with Crippen LogP contribution in [0.5, 0.6) is 0 Å². The van der Waals surface area contributed by atoms with E-state index in [9.17, 15) is 0 Å². The lowest BCUT2D eigenvalue weighted by molar-refractivity contribution is -0.0957. The molecule has 1 atom stereocenters. The highest BCUT2D eigenvalue weighted by Gasteiger charge is 2.41. The Balaban J connectivity index is 2.01. The van der Waals surface area contributed by atoms with Crippen molar-refractivity contribution in [3.05, 3.63) is 0 Å². The Morgan fingerprint density at radius 2 is 1.83 bits per heavy atom. The Labute approximate surface area is 113 Å². The van der Waals surface area contributed by atoms with Gasteiger partial charge in [-0.2, -0.15) is 0 Å². The van der Waals surface area contributed by atoms with Gasteiger partial charge in [0.2, 0.25) is 0 Å². The molecule has 0 radical (unpaired) electrons. The molecular weight excluding hydrogens is 222 g/mol. The van der Waals surface area contributed by atoms with E-state index in [1.165, 1.54) is 57.8 Å². The average Bonchev–Trinajstić information content (AvgIpc) is 2.33. The summed E-state index contributed by atoms with van der Waals surface area (Å²) in [6.45, 7) is 6.33. The fraction of sp³-hybridized carbons (Fsp3) is 1.00. The predicted molar refractivity (Wildman–Crippen MR) is 76.9 cm³/mol. The zero-order chi connectivity index (χ0) is 12.8. The fourth-order valence-corrected chi connectivity index (χ4v) is 3.82. The second-order valence-electron chi connectivity index (χ2n) is 6.20. The average molecular weight is 253 g/mol. The van der Waals surface area contributed by atoms with E-state index in [-0.39, 0.29) is 5.60 Å². The van der Waals surface area contributed by atoms with Crippen LogP contribution in [0.25, 0.3) is 0 Å². The smallest absolute Gasteiger partial charge is 0.0834 e. The number of hydrogen-bond donors (Lipinski definition) is 1. The maximum Gasteiger partial charge on any atom is 0.0834 e. The van der Waals surface area contributed by atoms with Crippen LogP contribution in [0.4, 0.5) is 0 Å². The molecule has 2 nitrogen and oxygen atoms in total. The first-order chi connectivity index (χ1) is 8.80. The Hall–Kier alpha value is -0.0800. The van der Waals surface area contributed by atoms with Crippen molar-refractivity contribution in [2.75, 3.05) is 13.2 Å². The third-order valence-corrected chi connectivity index (χ3v) is 5.01. The van der Waals surface area contributed by atoms with E-state index in [1.807, 2.05) is 0 Å². The van der Waals surface area contributed by atoms with E-state index >= 15 is 0 Å². The summed E-state index contributed by atoms with van der Waals surface area (Å²) in [5, 5.41) is 3.75. The Kier molecular flexibility index (Phi) is 5.50. The Morgan fingerprint density at radius 3 is 2.33 bits per heavy atom. The third-order valence-electron chi connectivity index (χ3n) is 5.01. The molecule has 1 unspecified atom stereocenters. The highest BCUT2D eigenvalue weighted by molar-refractivity contribution is 4.97. The third kappa shape index (κ3) is 3.27. The van der Waals surface area contributed by atoms with Gasteiger partial charge >= 0.3 is 0 Å². The molecule has 0 aliphatic heterocycles. The number of rotatable bonds is 7. The van der Waals surface area contributed by atoms with Crippen molar-refractivity contribution in [2.24, 2.45) is 5.92 Å². The zero-order valence-corrected chi connectivity index (χ0v) is 12.3. The first kappa shape index (κ1) is 14.3. The van der Waals surface area contributed by atoms with Gasteiger partial charge in [0.25, 0.3) is 0 Å².